The normalized spacial score (nSPS) is 14.8. The Labute approximate surface area is 163 Å². The number of nitrogens with one attached hydrogen (secondary N) is 2. The second-order valence-electron chi connectivity index (χ2n) is 6.41. The molecule has 0 radical (unpaired) electrons. The number of pyridine rings is 1. The predicted molar refractivity (Wildman–Crippen MR) is 101 cm³/mol. The quantitative estimate of drug-likeness (QED) is 0.719. The SMILES string of the molecule is Cc1oc(C(=O)NCCC(=O)Nc2ccccn2)cc1S(=O)(=O)N1CCCC1. The van der Waals surface area contributed by atoms with Gasteiger partial charge in [0, 0.05) is 38.3 Å². The molecule has 0 bridgehead atoms. The van der Waals surface area contributed by atoms with Crippen molar-refractivity contribution in [1.29, 1.82) is 0 Å². The Morgan fingerprint density at radius 2 is 2.00 bits per heavy atom. The van der Waals surface area contributed by atoms with Crippen molar-refractivity contribution in [2.24, 2.45) is 0 Å². The Morgan fingerprint density at radius 1 is 1.25 bits per heavy atom. The number of rotatable bonds is 7. The van der Waals surface area contributed by atoms with E-state index in [0.717, 1.165) is 12.8 Å². The molecule has 3 heterocycles. The Balaban J connectivity index is 1.56. The number of anilines is 1. The molecule has 10 heteroatoms. The van der Waals surface area contributed by atoms with Crippen LogP contribution < -0.4 is 10.6 Å². The zero-order valence-corrected chi connectivity index (χ0v) is 16.3. The maximum absolute atomic E-state index is 12.6. The summed E-state index contributed by atoms with van der Waals surface area (Å²) in [6.45, 7) is 2.53. The molecule has 2 amide bonds. The van der Waals surface area contributed by atoms with Crippen LogP contribution in [0.5, 0.6) is 0 Å². The molecule has 0 aliphatic carbocycles. The van der Waals surface area contributed by atoms with Crippen LogP contribution >= 0.6 is 0 Å². The van der Waals surface area contributed by atoms with Crippen LogP contribution in [-0.4, -0.2) is 49.2 Å². The molecule has 2 aromatic rings. The van der Waals surface area contributed by atoms with Gasteiger partial charge in [-0.3, -0.25) is 9.59 Å². The molecule has 1 saturated heterocycles. The van der Waals surface area contributed by atoms with E-state index in [1.807, 2.05) is 0 Å². The average Bonchev–Trinajstić information content (AvgIpc) is 3.33. The van der Waals surface area contributed by atoms with Crippen LogP contribution in [0.1, 0.15) is 35.6 Å². The third kappa shape index (κ3) is 4.57. The fourth-order valence-electron chi connectivity index (χ4n) is 2.92. The molecule has 0 unspecified atom stereocenters. The molecule has 0 spiro atoms. The topological polar surface area (TPSA) is 122 Å². The van der Waals surface area contributed by atoms with Crippen molar-refractivity contribution in [3.63, 3.8) is 0 Å². The van der Waals surface area contributed by atoms with E-state index in [9.17, 15) is 18.0 Å². The first-order valence-corrected chi connectivity index (χ1v) is 10.4. The van der Waals surface area contributed by atoms with E-state index in [1.165, 1.54) is 17.3 Å². The summed E-state index contributed by atoms with van der Waals surface area (Å²) in [7, 11) is -3.66. The maximum atomic E-state index is 12.6. The Kier molecular flexibility index (Phi) is 6.10. The number of amides is 2. The number of aromatic nitrogens is 1. The summed E-state index contributed by atoms with van der Waals surface area (Å²) < 4.78 is 32.0. The van der Waals surface area contributed by atoms with Crippen molar-refractivity contribution in [1.82, 2.24) is 14.6 Å². The largest absolute Gasteiger partial charge is 0.455 e. The standard InChI is InChI=1S/C18H22N4O5S/c1-13-15(28(25,26)22-10-4-5-11-22)12-14(27-13)18(24)20-9-7-17(23)21-16-6-2-3-8-19-16/h2-3,6,8,12H,4-5,7,9-11H2,1H3,(H,20,24)(H,19,21,23). The van der Waals surface area contributed by atoms with Gasteiger partial charge < -0.3 is 15.1 Å². The van der Waals surface area contributed by atoms with Crippen molar-refractivity contribution >= 4 is 27.7 Å². The Morgan fingerprint density at radius 3 is 2.68 bits per heavy atom. The van der Waals surface area contributed by atoms with Gasteiger partial charge in [0.25, 0.3) is 5.91 Å². The van der Waals surface area contributed by atoms with E-state index < -0.39 is 15.9 Å². The zero-order chi connectivity index (χ0) is 20.1. The lowest BCUT2D eigenvalue weighted by molar-refractivity contribution is -0.116. The summed E-state index contributed by atoms with van der Waals surface area (Å²) in [5.74, 6) is -0.369. The highest BCUT2D eigenvalue weighted by Gasteiger charge is 2.31. The number of aryl methyl sites for hydroxylation is 1. The lowest BCUT2D eigenvalue weighted by Crippen LogP contribution is -2.28. The number of furan rings is 1. The van der Waals surface area contributed by atoms with Crippen LogP contribution in [0.3, 0.4) is 0 Å². The van der Waals surface area contributed by atoms with Gasteiger partial charge in [-0.25, -0.2) is 13.4 Å². The van der Waals surface area contributed by atoms with Gasteiger partial charge in [0.05, 0.1) is 0 Å². The molecule has 0 atom stereocenters. The first-order valence-electron chi connectivity index (χ1n) is 8.97. The Bertz CT molecular complexity index is 950. The van der Waals surface area contributed by atoms with Gasteiger partial charge in [0.15, 0.2) is 5.76 Å². The van der Waals surface area contributed by atoms with Crippen LogP contribution in [0.25, 0.3) is 0 Å². The number of nitrogens with zero attached hydrogens (tertiary/aromatic N) is 2. The second-order valence-corrected chi connectivity index (χ2v) is 8.32. The summed E-state index contributed by atoms with van der Waals surface area (Å²) in [6, 6.07) is 6.38. The summed E-state index contributed by atoms with van der Waals surface area (Å²) >= 11 is 0. The molecular formula is C18H22N4O5S. The minimum atomic E-state index is -3.66. The van der Waals surface area contributed by atoms with Gasteiger partial charge in [-0.05, 0) is 31.9 Å². The third-order valence-corrected chi connectivity index (χ3v) is 6.35. The predicted octanol–water partition coefficient (Wildman–Crippen LogP) is 1.53. The number of carbonyl (C=O) groups excluding carboxylic acids is 2. The zero-order valence-electron chi connectivity index (χ0n) is 15.5. The molecule has 150 valence electrons. The van der Waals surface area contributed by atoms with Crippen LogP contribution in [0.4, 0.5) is 5.82 Å². The van der Waals surface area contributed by atoms with Gasteiger partial charge in [-0.1, -0.05) is 6.07 Å². The van der Waals surface area contributed by atoms with Crippen LogP contribution in [0, 0.1) is 6.92 Å². The summed E-state index contributed by atoms with van der Waals surface area (Å²) in [4.78, 5) is 28.1. The molecule has 3 rings (SSSR count). The molecule has 2 N–H and O–H groups in total. The molecule has 0 saturated carbocycles. The van der Waals surface area contributed by atoms with Crippen molar-refractivity contribution in [2.45, 2.75) is 31.1 Å². The summed E-state index contributed by atoms with van der Waals surface area (Å²) in [6.07, 6.45) is 3.25. The molecule has 28 heavy (non-hydrogen) atoms. The first kappa shape index (κ1) is 20.0. The Hall–Kier alpha value is -2.72. The van der Waals surface area contributed by atoms with E-state index >= 15 is 0 Å². The lowest BCUT2D eigenvalue weighted by atomic mass is 10.3. The highest BCUT2D eigenvalue weighted by molar-refractivity contribution is 7.89. The number of carbonyl (C=O) groups is 2. The number of hydrogen-bond acceptors (Lipinski definition) is 6. The smallest absolute Gasteiger partial charge is 0.287 e. The first-order chi connectivity index (χ1) is 13.4. The fraction of sp³-hybridized carbons (Fsp3) is 0.389. The van der Waals surface area contributed by atoms with Crippen molar-refractivity contribution in [3.8, 4) is 0 Å². The minimum absolute atomic E-state index is 0.00689. The molecule has 0 aromatic carbocycles. The van der Waals surface area contributed by atoms with Crippen molar-refractivity contribution < 1.29 is 22.4 Å². The van der Waals surface area contributed by atoms with Crippen LogP contribution in [0.15, 0.2) is 39.8 Å². The van der Waals surface area contributed by atoms with Crippen molar-refractivity contribution in [2.75, 3.05) is 25.0 Å². The summed E-state index contributed by atoms with van der Waals surface area (Å²) in [5.41, 5.74) is 0. The van der Waals surface area contributed by atoms with E-state index in [0.29, 0.717) is 18.9 Å². The van der Waals surface area contributed by atoms with Gasteiger partial charge in [0.1, 0.15) is 16.5 Å². The maximum Gasteiger partial charge on any atom is 0.287 e. The van der Waals surface area contributed by atoms with E-state index in [1.54, 1.807) is 24.4 Å². The highest BCUT2D eigenvalue weighted by atomic mass is 32.2. The van der Waals surface area contributed by atoms with Gasteiger partial charge in [-0.2, -0.15) is 4.31 Å². The molecule has 2 aromatic heterocycles. The van der Waals surface area contributed by atoms with Crippen LogP contribution in [0.2, 0.25) is 0 Å². The lowest BCUT2D eigenvalue weighted by Gasteiger charge is -2.14. The van der Waals surface area contributed by atoms with Gasteiger partial charge in [0.2, 0.25) is 15.9 Å². The molecule has 1 aliphatic rings. The molecule has 1 aliphatic heterocycles. The van der Waals surface area contributed by atoms with Crippen molar-refractivity contribution in [3.05, 3.63) is 42.0 Å². The fourth-order valence-corrected chi connectivity index (χ4v) is 4.60. The van der Waals surface area contributed by atoms with Crippen LogP contribution in [-0.2, 0) is 14.8 Å². The van der Waals surface area contributed by atoms with Gasteiger partial charge >= 0.3 is 0 Å². The number of hydrogen-bond donors (Lipinski definition) is 2. The molecular weight excluding hydrogens is 384 g/mol. The second kappa shape index (κ2) is 8.53. The third-order valence-electron chi connectivity index (χ3n) is 4.35. The average molecular weight is 406 g/mol. The van der Waals surface area contributed by atoms with Gasteiger partial charge in [-0.15, -0.1) is 0 Å². The molecule has 1 fully saturated rings. The van der Waals surface area contributed by atoms with E-state index in [-0.39, 0.29) is 35.3 Å². The van der Waals surface area contributed by atoms with E-state index in [4.69, 9.17) is 4.42 Å². The monoisotopic (exact) mass is 406 g/mol. The minimum Gasteiger partial charge on any atom is -0.455 e. The molecule has 9 nitrogen and oxygen atoms in total. The summed E-state index contributed by atoms with van der Waals surface area (Å²) in [5, 5.41) is 5.16. The highest BCUT2D eigenvalue weighted by Crippen LogP contribution is 2.26. The number of sulfonamides is 1. The van der Waals surface area contributed by atoms with E-state index in [2.05, 4.69) is 15.6 Å².